The number of rotatable bonds is 3. The van der Waals surface area contributed by atoms with Gasteiger partial charge in [-0.3, -0.25) is 0 Å². The Kier molecular flexibility index (Phi) is 3.67. The van der Waals surface area contributed by atoms with E-state index in [4.69, 9.17) is 4.74 Å². The van der Waals surface area contributed by atoms with Gasteiger partial charge in [-0.15, -0.1) is 0 Å². The standard InChI is InChI=1S/C14H24N4O/c1-13(2,3)12-16-10(15-5)8-11(17-12)18-14(4)6-7-19-9-14/h8H,6-7,9H2,1-5H3,(H2,15,16,17,18). The summed E-state index contributed by atoms with van der Waals surface area (Å²) in [7, 11) is 1.87. The maximum Gasteiger partial charge on any atom is 0.138 e. The summed E-state index contributed by atoms with van der Waals surface area (Å²) in [4.78, 5) is 9.17. The van der Waals surface area contributed by atoms with Crippen LogP contribution in [0.25, 0.3) is 0 Å². The molecular formula is C14H24N4O. The first kappa shape index (κ1) is 14.1. The number of nitrogens with one attached hydrogen (secondary N) is 2. The van der Waals surface area contributed by atoms with Crippen LogP contribution in [-0.4, -0.2) is 35.8 Å². The molecule has 1 aliphatic rings. The Morgan fingerprint density at radius 1 is 1.26 bits per heavy atom. The SMILES string of the molecule is CNc1cc(NC2(C)CCOC2)nc(C(C)(C)C)n1. The normalized spacial score (nSPS) is 23.4. The molecule has 0 saturated carbocycles. The van der Waals surface area contributed by atoms with Crippen molar-refractivity contribution in [3.8, 4) is 0 Å². The van der Waals surface area contributed by atoms with Gasteiger partial charge >= 0.3 is 0 Å². The number of hydrogen-bond acceptors (Lipinski definition) is 5. The third-order valence-electron chi connectivity index (χ3n) is 3.30. The third-order valence-corrected chi connectivity index (χ3v) is 3.30. The van der Waals surface area contributed by atoms with Crippen LogP contribution in [0.5, 0.6) is 0 Å². The molecule has 2 N–H and O–H groups in total. The first-order valence-electron chi connectivity index (χ1n) is 6.76. The fourth-order valence-corrected chi connectivity index (χ4v) is 2.05. The summed E-state index contributed by atoms with van der Waals surface area (Å²) in [6.45, 7) is 10.0. The minimum absolute atomic E-state index is 0.0332. The summed E-state index contributed by atoms with van der Waals surface area (Å²) in [5, 5.41) is 6.58. The third kappa shape index (κ3) is 3.35. The van der Waals surface area contributed by atoms with Crippen LogP contribution in [0, 0.1) is 0 Å². The van der Waals surface area contributed by atoms with Crippen molar-refractivity contribution in [1.29, 1.82) is 0 Å². The fraction of sp³-hybridized carbons (Fsp3) is 0.714. The van der Waals surface area contributed by atoms with E-state index in [0.29, 0.717) is 0 Å². The molecule has 2 rings (SSSR count). The predicted octanol–water partition coefficient (Wildman–Crippen LogP) is 2.41. The molecule has 5 nitrogen and oxygen atoms in total. The first-order valence-corrected chi connectivity index (χ1v) is 6.76. The van der Waals surface area contributed by atoms with Crippen molar-refractivity contribution >= 4 is 11.6 Å². The summed E-state index contributed by atoms with van der Waals surface area (Å²) in [5.74, 6) is 2.53. The molecule has 0 radical (unpaired) electrons. The topological polar surface area (TPSA) is 59.1 Å². The van der Waals surface area contributed by atoms with Crippen LogP contribution in [0.2, 0.25) is 0 Å². The van der Waals surface area contributed by atoms with E-state index in [1.54, 1.807) is 0 Å². The van der Waals surface area contributed by atoms with E-state index in [2.05, 4.69) is 48.3 Å². The number of aromatic nitrogens is 2. The average molecular weight is 264 g/mol. The summed E-state index contributed by atoms with van der Waals surface area (Å²) in [6, 6.07) is 1.94. The lowest BCUT2D eigenvalue weighted by Gasteiger charge is -2.26. The quantitative estimate of drug-likeness (QED) is 0.878. The largest absolute Gasteiger partial charge is 0.379 e. The van der Waals surface area contributed by atoms with Gasteiger partial charge < -0.3 is 15.4 Å². The smallest absolute Gasteiger partial charge is 0.138 e. The van der Waals surface area contributed by atoms with Crippen LogP contribution in [0.4, 0.5) is 11.6 Å². The predicted molar refractivity (Wildman–Crippen MR) is 77.7 cm³/mol. The molecule has 1 aromatic heterocycles. The molecule has 0 spiro atoms. The molecule has 0 bridgehead atoms. The zero-order chi connectivity index (χ0) is 14.1. The van der Waals surface area contributed by atoms with Crippen molar-refractivity contribution in [3.05, 3.63) is 11.9 Å². The lowest BCUT2D eigenvalue weighted by Crippen LogP contribution is -2.35. The Labute approximate surface area is 115 Å². The zero-order valence-corrected chi connectivity index (χ0v) is 12.5. The molecule has 1 unspecified atom stereocenters. The van der Waals surface area contributed by atoms with E-state index in [0.717, 1.165) is 37.1 Å². The Morgan fingerprint density at radius 2 is 1.95 bits per heavy atom. The van der Waals surface area contributed by atoms with Gasteiger partial charge in [-0.05, 0) is 13.3 Å². The summed E-state index contributed by atoms with van der Waals surface area (Å²) >= 11 is 0. The van der Waals surface area contributed by atoms with Crippen molar-refractivity contribution in [2.24, 2.45) is 0 Å². The second-order valence-corrected chi connectivity index (χ2v) is 6.45. The molecule has 0 aromatic carbocycles. The Hall–Kier alpha value is -1.36. The van der Waals surface area contributed by atoms with Gasteiger partial charge in [0.05, 0.1) is 12.1 Å². The van der Waals surface area contributed by atoms with Gasteiger partial charge in [-0.1, -0.05) is 20.8 Å². The second kappa shape index (κ2) is 4.96. The molecule has 1 aliphatic heterocycles. The van der Waals surface area contributed by atoms with E-state index in [1.807, 2.05) is 13.1 Å². The van der Waals surface area contributed by atoms with Crippen LogP contribution < -0.4 is 10.6 Å². The van der Waals surface area contributed by atoms with Crippen LogP contribution in [0.15, 0.2) is 6.07 Å². The summed E-state index contributed by atoms with van der Waals surface area (Å²) in [6.07, 6.45) is 0.997. The van der Waals surface area contributed by atoms with Crippen LogP contribution in [-0.2, 0) is 10.2 Å². The first-order chi connectivity index (χ1) is 8.82. The Morgan fingerprint density at radius 3 is 2.47 bits per heavy atom. The lowest BCUT2D eigenvalue weighted by molar-refractivity contribution is 0.185. The Balaban J connectivity index is 2.29. The highest BCUT2D eigenvalue weighted by Crippen LogP contribution is 2.26. The van der Waals surface area contributed by atoms with E-state index in [1.165, 1.54) is 0 Å². The Bertz CT molecular complexity index is 447. The average Bonchev–Trinajstić information content (AvgIpc) is 2.74. The molecule has 2 heterocycles. The molecular weight excluding hydrogens is 240 g/mol. The van der Waals surface area contributed by atoms with Crippen molar-refractivity contribution in [2.45, 2.75) is 45.1 Å². The molecule has 19 heavy (non-hydrogen) atoms. The molecule has 1 aromatic rings. The molecule has 1 fully saturated rings. The lowest BCUT2D eigenvalue weighted by atomic mass is 9.95. The number of ether oxygens (including phenoxy) is 1. The maximum atomic E-state index is 5.46. The van der Waals surface area contributed by atoms with Gasteiger partial charge in [0.1, 0.15) is 17.5 Å². The number of nitrogens with zero attached hydrogens (tertiary/aromatic N) is 2. The van der Waals surface area contributed by atoms with E-state index in [9.17, 15) is 0 Å². The summed E-state index contributed by atoms with van der Waals surface area (Å²) in [5.41, 5.74) is -0.106. The van der Waals surface area contributed by atoms with Crippen molar-refractivity contribution < 1.29 is 4.74 Å². The molecule has 1 atom stereocenters. The highest BCUT2D eigenvalue weighted by Gasteiger charge is 2.30. The molecule has 1 saturated heterocycles. The van der Waals surface area contributed by atoms with Crippen LogP contribution in [0.1, 0.15) is 39.9 Å². The van der Waals surface area contributed by atoms with E-state index < -0.39 is 0 Å². The zero-order valence-electron chi connectivity index (χ0n) is 12.5. The van der Waals surface area contributed by atoms with Crippen molar-refractivity contribution in [1.82, 2.24) is 9.97 Å². The van der Waals surface area contributed by atoms with Gasteiger partial charge in [0, 0.05) is 25.1 Å². The second-order valence-electron chi connectivity index (χ2n) is 6.45. The molecule has 0 amide bonds. The van der Waals surface area contributed by atoms with E-state index >= 15 is 0 Å². The molecule has 5 heteroatoms. The number of hydrogen-bond donors (Lipinski definition) is 2. The van der Waals surface area contributed by atoms with Gasteiger partial charge in [0.25, 0.3) is 0 Å². The monoisotopic (exact) mass is 264 g/mol. The minimum atomic E-state index is -0.0730. The van der Waals surface area contributed by atoms with Crippen molar-refractivity contribution in [2.75, 3.05) is 30.9 Å². The fourth-order valence-electron chi connectivity index (χ4n) is 2.05. The highest BCUT2D eigenvalue weighted by molar-refractivity contribution is 5.49. The summed E-state index contributed by atoms with van der Waals surface area (Å²) < 4.78 is 5.46. The van der Waals surface area contributed by atoms with Crippen LogP contribution in [0.3, 0.4) is 0 Å². The molecule has 0 aliphatic carbocycles. The van der Waals surface area contributed by atoms with Crippen molar-refractivity contribution in [3.63, 3.8) is 0 Å². The highest BCUT2D eigenvalue weighted by atomic mass is 16.5. The minimum Gasteiger partial charge on any atom is -0.379 e. The van der Waals surface area contributed by atoms with E-state index in [-0.39, 0.29) is 11.0 Å². The molecule has 106 valence electrons. The van der Waals surface area contributed by atoms with Crippen LogP contribution >= 0.6 is 0 Å². The van der Waals surface area contributed by atoms with Gasteiger partial charge in [0.2, 0.25) is 0 Å². The van der Waals surface area contributed by atoms with Gasteiger partial charge in [0.15, 0.2) is 0 Å². The van der Waals surface area contributed by atoms with Gasteiger partial charge in [-0.2, -0.15) is 0 Å². The maximum absolute atomic E-state index is 5.46. The number of anilines is 2. The van der Waals surface area contributed by atoms with Gasteiger partial charge in [-0.25, -0.2) is 9.97 Å².